The van der Waals surface area contributed by atoms with Gasteiger partial charge in [-0.25, -0.2) is 13.2 Å². The molecule has 1 fully saturated rings. The lowest BCUT2D eigenvalue weighted by Gasteiger charge is -2.27. The smallest absolute Gasteiger partial charge is 0.333 e. The lowest BCUT2D eigenvalue weighted by atomic mass is 10.1. The number of hydrogen-bond acceptors (Lipinski definition) is 5. The van der Waals surface area contributed by atoms with Gasteiger partial charge in [-0.2, -0.15) is 0 Å². The summed E-state index contributed by atoms with van der Waals surface area (Å²) in [4.78, 5) is 14.0. The normalized spacial score (nSPS) is 15.4. The quantitative estimate of drug-likeness (QED) is 0.168. The van der Waals surface area contributed by atoms with Gasteiger partial charge in [0.25, 0.3) is 0 Å². The molecule has 5 nitrogen and oxygen atoms in total. The molecule has 0 aromatic heterocycles. The molecule has 1 unspecified atom stereocenters. The van der Waals surface area contributed by atoms with Gasteiger partial charge in [-0.3, -0.25) is 4.90 Å². The molecule has 1 aliphatic heterocycles. The number of rotatable bonds is 12. The Bertz CT molecular complexity index is 1070. The molecule has 1 saturated heterocycles. The third-order valence-corrected chi connectivity index (χ3v) is 8.24. The Morgan fingerprint density at radius 3 is 2.21 bits per heavy atom. The molecule has 2 aromatic rings. The predicted octanol–water partition coefficient (Wildman–Crippen LogP) is 5.73. The highest BCUT2D eigenvalue weighted by molar-refractivity contribution is 7.92. The van der Waals surface area contributed by atoms with E-state index in [9.17, 15) is 13.2 Å². The van der Waals surface area contributed by atoms with Crippen LogP contribution in [-0.4, -0.2) is 44.4 Å². The van der Waals surface area contributed by atoms with Gasteiger partial charge in [-0.05, 0) is 75.4 Å². The monoisotopic (exact) mass is 481 g/mol. The van der Waals surface area contributed by atoms with E-state index in [1.807, 2.05) is 54.6 Å². The lowest BCUT2D eigenvalue weighted by Crippen LogP contribution is -2.39. The van der Waals surface area contributed by atoms with Crippen molar-refractivity contribution >= 4 is 28.0 Å². The molecule has 0 amide bonds. The topological polar surface area (TPSA) is 63.7 Å². The van der Waals surface area contributed by atoms with Gasteiger partial charge in [-0.1, -0.05) is 67.6 Å². The van der Waals surface area contributed by atoms with Crippen LogP contribution < -0.4 is 0 Å². The zero-order valence-electron chi connectivity index (χ0n) is 20.0. The van der Waals surface area contributed by atoms with Crippen molar-refractivity contribution < 1.29 is 17.9 Å². The van der Waals surface area contributed by atoms with E-state index in [0.717, 1.165) is 49.9 Å². The van der Waals surface area contributed by atoms with Crippen molar-refractivity contribution in [3.05, 3.63) is 77.9 Å². The minimum atomic E-state index is -3.48. The molecule has 1 heterocycles. The van der Waals surface area contributed by atoms with Crippen LogP contribution in [0.5, 0.6) is 0 Å². The molecule has 1 atom stereocenters. The SMILES string of the molecule is C=C(C)C(=O)OCCCCCC(N1CCCC1)S(=O)(=O)c1ccc(/C=C/c2ccccc2)cc1. The van der Waals surface area contributed by atoms with Crippen molar-refractivity contribution in [1.82, 2.24) is 4.90 Å². The molecular formula is C28H35NO4S. The number of ether oxygens (including phenoxy) is 1. The minimum Gasteiger partial charge on any atom is -0.462 e. The van der Waals surface area contributed by atoms with Crippen molar-refractivity contribution in [3.63, 3.8) is 0 Å². The van der Waals surface area contributed by atoms with Crippen LogP contribution in [0.2, 0.25) is 0 Å². The second-order valence-electron chi connectivity index (χ2n) is 8.82. The van der Waals surface area contributed by atoms with Gasteiger partial charge < -0.3 is 4.74 Å². The van der Waals surface area contributed by atoms with Crippen LogP contribution in [0.25, 0.3) is 12.2 Å². The number of carbonyl (C=O) groups excluding carboxylic acids is 1. The molecule has 0 N–H and O–H groups in total. The maximum atomic E-state index is 13.6. The van der Waals surface area contributed by atoms with Crippen LogP contribution in [0.15, 0.2) is 71.6 Å². The second-order valence-corrected chi connectivity index (χ2v) is 10.9. The fourth-order valence-electron chi connectivity index (χ4n) is 4.13. The fourth-order valence-corrected chi connectivity index (χ4v) is 6.04. The summed E-state index contributed by atoms with van der Waals surface area (Å²) in [5.41, 5.74) is 2.45. The van der Waals surface area contributed by atoms with Crippen LogP contribution in [-0.2, 0) is 19.4 Å². The summed E-state index contributed by atoms with van der Waals surface area (Å²) >= 11 is 0. The Morgan fingerprint density at radius 2 is 1.59 bits per heavy atom. The first-order valence-corrected chi connectivity index (χ1v) is 13.6. The summed E-state index contributed by atoms with van der Waals surface area (Å²) in [6.07, 6.45) is 8.95. The van der Waals surface area contributed by atoms with Gasteiger partial charge in [0.15, 0.2) is 9.84 Å². The fraction of sp³-hybridized carbons (Fsp3) is 0.393. The zero-order valence-corrected chi connectivity index (χ0v) is 20.8. The van der Waals surface area contributed by atoms with E-state index in [1.54, 1.807) is 19.1 Å². The van der Waals surface area contributed by atoms with Crippen molar-refractivity contribution in [2.75, 3.05) is 19.7 Å². The van der Waals surface area contributed by atoms with E-state index in [1.165, 1.54) is 0 Å². The van der Waals surface area contributed by atoms with Crippen LogP contribution in [0.4, 0.5) is 0 Å². The largest absolute Gasteiger partial charge is 0.462 e. The van der Waals surface area contributed by atoms with E-state index in [4.69, 9.17) is 4.74 Å². The minimum absolute atomic E-state index is 0.338. The second kappa shape index (κ2) is 12.7. The molecule has 1 aliphatic rings. The standard InChI is InChI=1S/C28H35NO4S/c1-23(2)28(30)33-22-10-4-7-13-27(29-20-8-9-21-29)34(31,32)26-18-16-25(17-19-26)15-14-24-11-5-3-6-12-24/h3,5-6,11-12,14-19,27H,1,4,7-10,13,20-22H2,2H3/b15-14+. The molecule has 182 valence electrons. The van der Waals surface area contributed by atoms with Crippen molar-refractivity contribution in [2.45, 2.75) is 55.7 Å². The molecule has 6 heteroatoms. The van der Waals surface area contributed by atoms with Gasteiger partial charge in [0, 0.05) is 5.57 Å². The van der Waals surface area contributed by atoms with Gasteiger partial charge in [0.1, 0.15) is 5.37 Å². The Balaban J connectivity index is 1.61. The number of sulfone groups is 1. The number of unbranched alkanes of at least 4 members (excludes halogenated alkanes) is 2. The van der Waals surface area contributed by atoms with Crippen LogP contribution >= 0.6 is 0 Å². The first-order chi connectivity index (χ1) is 16.4. The molecule has 0 spiro atoms. The number of carbonyl (C=O) groups is 1. The van der Waals surface area contributed by atoms with Gasteiger partial charge in [0.2, 0.25) is 0 Å². The maximum absolute atomic E-state index is 13.6. The summed E-state index contributed by atoms with van der Waals surface area (Å²) in [7, 11) is -3.48. The maximum Gasteiger partial charge on any atom is 0.333 e. The van der Waals surface area contributed by atoms with Crippen LogP contribution in [0.3, 0.4) is 0 Å². The zero-order chi connectivity index (χ0) is 24.4. The average Bonchev–Trinajstić information content (AvgIpc) is 3.37. The van der Waals surface area contributed by atoms with Crippen LogP contribution in [0, 0.1) is 0 Å². The summed E-state index contributed by atoms with van der Waals surface area (Å²) in [5, 5.41) is -0.515. The number of benzene rings is 2. The Morgan fingerprint density at radius 1 is 0.971 bits per heavy atom. The van der Waals surface area contributed by atoms with Crippen molar-refractivity contribution in [1.29, 1.82) is 0 Å². The highest BCUT2D eigenvalue weighted by Gasteiger charge is 2.33. The molecule has 0 saturated carbocycles. The Hall–Kier alpha value is -2.70. The van der Waals surface area contributed by atoms with E-state index >= 15 is 0 Å². The summed E-state index contributed by atoms with van der Waals surface area (Å²) in [6, 6.07) is 17.2. The van der Waals surface area contributed by atoms with E-state index in [2.05, 4.69) is 11.5 Å². The molecular weight excluding hydrogens is 446 g/mol. The summed E-state index contributed by atoms with van der Waals surface area (Å²) in [6.45, 7) is 7.17. The Labute approximate surface area is 204 Å². The first-order valence-electron chi connectivity index (χ1n) is 12.0. The lowest BCUT2D eigenvalue weighted by molar-refractivity contribution is -0.139. The van der Waals surface area contributed by atoms with Crippen molar-refractivity contribution in [2.24, 2.45) is 0 Å². The highest BCUT2D eigenvalue weighted by Crippen LogP contribution is 2.27. The van der Waals surface area contributed by atoms with E-state index < -0.39 is 15.2 Å². The molecule has 0 aliphatic carbocycles. The summed E-state index contributed by atoms with van der Waals surface area (Å²) < 4.78 is 32.2. The first kappa shape index (κ1) is 25.9. The highest BCUT2D eigenvalue weighted by atomic mass is 32.2. The molecule has 34 heavy (non-hydrogen) atoms. The third-order valence-electron chi connectivity index (χ3n) is 6.06. The van der Waals surface area contributed by atoms with Crippen LogP contribution in [0.1, 0.15) is 56.6 Å². The van der Waals surface area contributed by atoms with Gasteiger partial charge in [-0.15, -0.1) is 0 Å². The molecule has 2 aromatic carbocycles. The molecule has 0 radical (unpaired) electrons. The Kier molecular flexibility index (Phi) is 9.66. The van der Waals surface area contributed by atoms with Crippen molar-refractivity contribution in [3.8, 4) is 0 Å². The predicted molar refractivity (Wildman–Crippen MR) is 138 cm³/mol. The molecule has 0 bridgehead atoms. The molecule has 3 rings (SSSR count). The van der Waals surface area contributed by atoms with E-state index in [0.29, 0.717) is 29.9 Å². The van der Waals surface area contributed by atoms with Gasteiger partial charge in [0.05, 0.1) is 11.5 Å². The van der Waals surface area contributed by atoms with E-state index in [-0.39, 0.29) is 5.97 Å². The summed E-state index contributed by atoms with van der Waals surface area (Å²) in [5.74, 6) is -0.375. The van der Waals surface area contributed by atoms with Gasteiger partial charge >= 0.3 is 5.97 Å². The average molecular weight is 482 g/mol. The third kappa shape index (κ3) is 7.40. The number of esters is 1. The number of nitrogens with zero attached hydrogens (tertiary/aromatic N) is 1. The number of likely N-dealkylation sites (tertiary alicyclic amines) is 1. The number of hydrogen-bond donors (Lipinski definition) is 0.